The van der Waals surface area contributed by atoms with Gasteiger partial charge in [-0.15, -0.1) is 0 Å². The van der Waals surface area contributed by atoms with Gasteiger partial charge in [0.1, 0.15) is 11.9 Å². The maximum atomic E-state index is 14.9. The van der Waals surface area contributed by atoms with Gasteiger partial charge < -0.3 is 25.6 Å². The molecule has 3 amide bonds. The van der Waals surface area contributed by atoms with Crippen molar-refractivity contribution >= 4 is 29.5 Å². The summed E-state index contributed by atoms with van der Waals surface area (Å²) >= 11 is 6.10. The third-order valence-electron chi connectivity index (χ3n) is 8.41. The molecule has 2 aliphatic rings. The number of ether oxygens (including phenoxy) is 1. The highest BCUT2D eigenvalue weighted by Crippen LogP contribution is 2.25. The number of amides is 3. The van der Waals surface area contributed by atoms with Crippen LogP contribution in [0.1, 0.15) is 35.2 Å². The highest BCUT2D eigenvalue weighted by molar-refractivity contribution is 6.30. The Hall–Kier alpha value is -3.99. The van der Waals surface area contributed by atoms with E-state index < -0.39 is 24.2 Å². The highest BCUT2D eigenvalue weighted by atomic mass is 35.5. The number of hydrogen-bond acceptors (Lipinski definition) is 6. The lowest BCUT2D eigenvalue weighted by Gasteiger charge is -2.40. The molecule has 3 aromatic rings. The molecule has 11 heteroatoms. The number of piperazine rings is 1. The van der Waals surface area contributed by atoms with Gasteiger partial charge >= 0.3 is 6.09 Å². The Kier molecular flexibility index (Phi) is 11.0. The predicted molar refractivity (Wildman–Crippen MR) is 170 cm³/mol. The molecule has 2 aliphatic heterocycles. The van der Waals surface area contributed by atoms with Crippen molar-refractivity contribution in [3.05, 3.63) is 106 Å². The molecule has 3 atom stereocenters. The number of benzene rings is 3. The molecule has 3 N–H and O–H groups in total. The molecule has 0 saturated carbocycles. The normalized spacial score (nSPS) is 17.9. The van der Waals surface area contributed by atoms with Crippen molar-refractivity contribution in [3.63, 3.8) is 0 Å². The number of carbonyl (C=O) groups excluding carboxylic acids is 3. The summed E-state index contributed by atoms with van der Waals surface area (Å²) in [5, 5.41) is 9.67. The van der Waals surface area contributed by atoms with Gasteiger partial charge in [0.05, 0.1) is 18.7 Å². The summed E-state index contributed by atoms with van der Waals surface area (Å²) in [6, 6.07) is 20.1. The van der Waals surface area contributed by atoms with Crippen molar-refractivity contribution in [1.29, 1.82) is 0 Å². The molecule has 1 unspecified atom stereocenters. The van der Waals surface area contributed by atoms with Crippen LogP contribution < -0.4 is 16.0 Å². The minimum absolute atomic E-state index is 0.153. The van der Waals surface area contributed by atoms with Gasteiger partial charge in [0.15, 0.2) is 0 Å². The number of nitrogens with one attached hydrogen (secondary N) is 3. The fraction of sp³-hybridized carbons (Fsp3) is 0.382. The van der Waals surface area contributed by atoms with Gasteiger partial charge in [-0.25, -0.2) is 9.18 Å². The van der Waals surface area contributed by atoms with E-state index in [1.54, 1.807) is 42.2 Å². The van der Waals surface area contributed by atoms with Crippen LogP contribution in [-0.4, -0.2) is 79.1 Å². The van der Waals surface area contributed by atoms with Gasteiger partial charge in [0.25, 0.3) is 0 Å². The summed E-state index contributed by atoms with van der Waals surface area (Å²) in [5.74, 6) is -0.766. The van der Waals surface area contributed by atoms with E-state index in [1.807, 2.05) is 36.4 Å². The second kappa shape index (κ2) is 15.3. The Morgan fingerprint density at radius 1 is 0.978 bits per heavy atom. The van der Waals surface area contributed by atoms with Crippen LogP contribution >= 0.6 is 11.6 Å². The first kappa shape index (κ1) is 32.4. The highest BCUT2D eigenvalue weighted by Gasteiger charge is 2.34. The van der Waals surface area contributed by atoms with Gasteiger partial charge in [-0.05, 0) is 48.2 Å². The molecule has 0 spiro atoms. The average molecular weight is 636 g/mol. The van der Waals surface area contributed by atoms with Gasteiger partial charge in [0.2, 0.25) is 11.8 Å². The lowest BCUT2D eigenvalue weighted by molar-refractivity contribution is -0.138. The standard InChI is InChI=1S/C34H39ClFN5O4/c1-2-45-34(44)38-22-31(27-9-5-6-10-28(27)36)40-15-17-41(18-16-40)33(43)30(19-23-11-13-26(35)14-12-23)39-32(42)29-20-24-7-3-4-8-25(24)21-37-29/h3-14,29-31,37H,2,15-22H2,1H3,(H,38,44)(H,39,42)/t29-,30-,31?/m1/s1. The van der Waals surface area contributed by atoms with Gasteiger partial charge in [-0.3, -0.25) is 14.5 Å². The third kappa shape index (κ3) is 8.39. The summed E-state index contributed by atoms with van der Waals surface area (Å²) in [6.07, 6.45) is 0.288. The molecular formula is C34H39ClFN5O4. The monoisotopic (exact) mass is 635 g/mol. The summed E-state index contributed by atoms with van der Waals surface area (Å²) in [7, 11) is 0. The van der Waals surface area contributed by atoms with E-state index in [2.05, 4.69) is 20.9 Å². The fourth-order valence-electron chi connectivity index (χ4n) is 5.99. The molecule has 0 radical (unpaired) electrons. The van der Waals surface area contributed by atoms with Crippen molar-refractivity contribution in [2.24, 2.45) is 0 Å². The molecule has 0 aliphatic carbocycles. The molecule has 0 aromatic heterocycles. The molecule has 9 nitrogen and oxygen atoms in total. The summed E-state index contributed by atoms with van der Waals surface area (Å²) in [5.41, 5.74) is 3.63. The van der Waals surface area contributed by atoms with E-state index in [4.69, 9.17) is 16.3 Å². The molecule has 0 bridgehead atoms. The molecule has 3 aromatic carbocycles. The number of alkyl carbamates (subject to hydrolysis) is 1. The molecule has 1 fully saturated rings. The molecular weight excluding hydrogens is 597 g/mol. The maximum Gasteiger partial charge on any atom is 0.407 e. The SMILES string of the molecule is CCOC(=O)NCC(c1ccccc1F)N1CCN(C(=O)[C@@H](Cc2ccc(Cl)cc2)NC(=O)[C@H]2Cc3ccccc3CN2)CC1. The van der Waals surface area contributed by atoms with E-state index in [0.29, 0.717) is 56.2 Å². The second-order valence-corrected chi connectivity index (χ2v) is 11.7. The number of fused-ring (bicyclic) bond motifs is 1. The van der Waals surface area contributed by atoms with Crippen LogP contribution in [0.15, 0.2) is 72.8 Å². The minimum Gasteiger partial charge on any atom is -0.450 e. The zero-order chi connectivity index (χ0) is 31.8. The van der Waals surface area contributed by atoms with Gasteiger partial charge in [-0.2, -0.15) is 0 Å². The first-order valence-corrected chi connectivity index (χ1v) is 15.7. The first-order valence-electron chi connectivity index (χ1n) is 15.3. The van der Waals surface area contributed by atoms with Crippen molar-refractivity contribution in [1.82, 2.24) is 25.8 Å². The molecule has 238 valence electrons. The van der Waals surface area contributed by atoms with Crippen LogP contribution in [0.25, 0.3) is 0 Å². The van der Waals surface area contributed by atoms with E-state index in [1.165, 1.54) is 11.6 Å². The number of hydrogen-bond donors (Lipinski definition) is 3. The third-order valence-corrected chi connectivity index (χ3v) is 8.66. The van der Waals surface area contributed by atoms with E-state index in [9.17, 15) is 18.8 Å². The maximum absolute atomic E-state index is 14.9. The zero-order valence-corrected chi connectivity index (χ0v) is 26.1. The zero-order valence-electron chi connectivity index (χ0n) is 25.3. The lowest BCUT2D eigenvalue weighted by Crippen LogP contribution is -2.58. The van der Waals surface area contributed by atoms with E-state index >= 15 is 0 Å². The van der Waals surface area contributed by atoms with Crippen molar-refractivity contribution in [3.8, 4) is 0 Å². The number of halogens is 2. The molecule has 5 rings (SSSR count). The van der Waals surface area contributed by atoms with Crippen LogP contribution in [0.2, 0.25) is 5.02 Å². The number of nitrogens with zero attached hydrogens (tertiary/aromatic N) is 2. The molecule has 1 saturated heterocycles. The summed E-state index contributed by atoms with van der Waals surface area (Å²) < 4.78 is 19.9. The Labute approximate surface area is 268 Å². The Morgan fingerprint density at radius 2 is 1.67 bits per heavy atom. The molecule has 2 heterocycles. The first-order chi connectivity index (χ1) is 21.8. The van der Waals surface area contributed by atoms with Crippen LogP contribution in [-0.2, 0) is 33.7 Å². The van der Waals surface area contributed by atoms with Crippen LogP contribution in [0.4, 0.5) is 9.18 Å². The quantitative estimate of drug-likeness (QED) is 0.313. The minimum atomic E-state index is -0.781. The average Bonchev–Trinajstić information content (AvgIpc) is 3.06. The molecule has 45 heavy (non-hydrogen) atoms. The lowest BCUT2D eigenvalue weighted by atomic mass is 9.95. The fourth-order valence-corrected chi connectivity index (χ4v) is 6.11. The number of rotatable bonds is 10. The Balaban J connectivity index is 1.27. The van der Waals surface area contributed by atoms with E-state index in [-0.39, 0.29) is 30.8 Å². The van der Waals surface area contributed by atoms with Gasteiger partial charge in [-0.1, -0.05) is 66.2 Å². The van der Waals surface area contributed by atoms with Crippen LogP contribution in [0.3, 0.4) is 0 Å². The number of carbonyl (C=O) groups is 3. The van der Waals surface area contributed by atoms with Crippen molar-refractivity contribution in [2.45, 2.75) is 44.4 Å². The topological polar surface area (TPSA) is 103 Å². The van der Waals surface area contributed by atoms with Crippen LogP contribution in [0, 0.1) is 5.82 Å². The summed E-state index contributed by atoms with van der Waals surface area (Å²) in [4.78, 5) is 43.3. The van der Waals surface area contributed by atoms with Crippen molar-refractivity contribution < 1.29 is 23.5 Å². The summed E-state index contributed by atoms with van der Waals surface area (Å²) in [6.45, 7) is 4.36. The van der Waals surface area contributed by atoms with E-state index in [0.717, 1.165) is 11.1 Å². The second-order valence-electron chi connectivity index (χ2n) is 11.3. The Bertz CT molecular complexity index is 1480. The van der Waals surface area contributed by atoms with Crippen LogP contribution in [0.5, 0.6) is 0 Å². The largest absolute Gasteiger partial charge is 0.450 e. The van der Waals surface area contributed by atoms with Gasteiger partial charge in [0, 0.05) is 56.3 Å². The Morgan fingerprint density at radius 3 is 2.38 bits per heavy atom. The predicted octanol–water partition coefficient (Wildman–Crippen LogP) is 3.85. The smallest absolute Gasteiger partial charge is 0.407 e. The van der Waals surface area contributed by atoms with Crippen molar-refractivity contribution in [2.75, 3.05) is 39.3 Å².